The summed E-state index contributed by atoms with van der Waals surface area (Å²) < 4.78 is 0. The number of hydrogen-bond acceptors (Lipinski definition) is 3. The van der Waals surface area contributed by atoms with Crippen LogP contribution in [0.4, 0.5) is 0 Å². The highest BCUT2D eigenvalue weighted by atomic mass is 16.3. The zero-order valence-corrected chi connectivity index (χ0v) is 18.3. The quantitative estimate of drug-likeness (QED) is 0.807. The van der Waals surface area contributed by atoms with Crippen molar-refractivity contribution in [2.45, 2.75) is 58.8 Å². The van der Waals surface area contributed by atoms with Gasteiger partial charge in [-0.15, -0.1) is 0 Å². The van der Waals surface area contributed by atoms with Crippen LogP contribution in [0.3, 0.4) is 0 Å². The number of rotatable bonds is 4. The van der Waals surface area contributed by atoms with Crippen molar-refractivity contribution < 1.29 is 9.90 Å². The van der Waals surface area contributed by atoms with E-state index >= 15 is 0 Å². The first-order valence-corrected chi connectivity index (χ1v) is 9.83. The molecule has 1 aliphatic rings. The van der Waals surface area contributed by atoms with Gasteiger partial charge >= 0.3 is 0 Å². The van der Waals surface area contributed by atoms with E-state index in [1.165, 1.54) is 0 Å². The van der Waals surface area contributed by atoms with E-state index < -0.39 is 0 Å². The third kappa shape index (κ3) is 5.13. The van der Waals surface area contributed by atoms with Crippen LogP contribution in [0.15, 0.2) is 17.7 Å². The Bertz CT molecular complexity index is 699. The molecule has 1 aliphatic heterocycles. The summed E-state index contributed by atoms with van der Waals surface area (Å²) in [6.45, 7) is 15.1. The van der Waals surface area contributed by atoms with Gasteiger partial charge in [-0.05, 0) is 55.1 Å². The normalized spacial score (nSPS) is 17.4. The summed E-state index contributed by atoms with van der Waals surface area (Å²) in [5, 5.41) is 10.9. The van der Waals surface area contributed by atoms with Crippen LogP contribution >= 0.6 is 0 Å². The largest absolute Gasteiger partial charge is 0.507 e. The molecular weight excluding hydrogens is 336 g/mol. The van der Waals surface area contributed by atoms with Gasteiger partial charge in [-0.2, -0.15) is 0 Å². The van der Waals surface area contributed by atoms with Crippen molar-refractivity contribution in [2.75, 3.05) is 33.7 Å². The van der Waals surface area contributed by atoms with Gasteiger partial charge in [0.25, 0.3) is 0 Å². The molecule has 0 unspecified atom stereocenters. The van der Waals surface area contributed by atoms with Gasteiger partial charge in [0.05, 0.1) is 0 Å². The van der Waals surface area contributed by atoms with Gasteiger partial charge < -0.3 is 14.9 Å². The van der Waals surface area contributed by atoms with Crippen LogP contribution in [0, 0.1) is 0 Å². The Labute approximate surface area is 164 Å². The molecule has 0 atom stereocenters. The molecule has 1 aromatic carbocycles. The minimum Gasteiger partial charge on any atom is -0.507 e. The summed E-state index contributed by atoms with van der Waals surface area (Å²) in [6.07, 6.45) is 2.80. The molecule has 4 nitrogen and oxygen atoms in total. The van der Waals surface area contributed by atoms with Gasteiger partial charge in [0, 0.05) is 36.3 Å². The fourth-order valence-electron chi connectivity index (χ4n) is 3.42. The zero-order valence-electron chi connectivity index (χ0n) is 18.3. The highest BCUT2D eigenvalue weighted by molar-refractivity contribution is 6.00. The van der Waals surface area contributed by atoms with Crippen LogP contribution in [-0.4, -0.2) is 54.5 Å². The lowest BCUT2D eigenvalue weighted by atomic mass is 9.78. The summed E-state index contributed by atoms with van der Waals surface area (Å²) in [7, 11) is 4.05. The van der Waals surface area contributed by atoms with E-state index in [0.29, 0.717) is 5.75 Å². The third-order valence-electron chi connectivity index (χ3n) is 5.12. The van der Waals surface area contributed by atoms with Gasteiger partial charge in [0.2, 0.25) is 5.91 Å². The van der Waals surface area contributed by atoms with E-state index in [9.17, 15) is 9.90 Å². The van der Waals surface area contributed by atoms with Crippen molar-refractivity contribution in [3.8, 4) is 5.75 Å². The SMILES string of the molecule is CN(C)CCN1CCC(=Cc2cc(C(C)(C)C)c(O)c(C(C)(C)C)c2)C1=O. The summed E-state index contributed by atoms with van der Waals surface area (Å²) in [5.41, 5.74) is 3.37. The number of hydrogen-bond donors (Lipinski definition) is 1. The maximum Gasteiger partial charge on any atom is 0.249 e. The molecule has 0 saturated carbocycles. The molecular formula is C23H36N2O2. The van der Waals surface area contributed by atoms with Gasteiger partial charge in [-0.25, -0.2) is 0 Å². The molecule has 0 aromatic heterocycles. The Morgan fingerprint density at radius 3 is 2.04 bits per heavy atom. The van der Waals surface area contributed by atoms with Crippen LogP contribution in [-0.2, 0) is 15.6 Å². The molecule has 1 amide bonds. The van der Waals surface area contributed by atoms with Crippen LogP contribution in [0.1, 0.15) is 64.7 Å². The lowest BCUT2D eigenvalue weighted by Crippen LogP contribution is -2.32. The average Bonchev–Trinajstić information content (AvgIpc) is 2.85. The highest BCUT2D eigenvalue weighted by Crippen LogP contribution is 2.40. The molecule has 0 spiro atoms. The highest BCUT2D eigenvalue weighted by Gasteiger charge is 2.28. The topological polar surface area (TPSA) is 43.8 Å². The Kier molecular flexibility index (Phi) is 6.10. The molecule has 0 bridgehead atoms. The number of carbonyl (C=O) groups excluding carboxylic acids is 1. The number of likely N-dealkylation sites (N-methyl/N-ethyl adjacent to an activating group) is 1. The van der Waals surface area contributed by atoms with Crippen molar-refractivity contribution in [3.05, 3.63) is 34.4 Å². The maximum absolute atomic E-state index is 12.7. The number of benzene rings is 1. The fraction of sp³-hybridized carbons (Fsp3) is 0.609. The number of amides is 1. The van der Waals surface area contributed by atoms with E-state index in [0.717, 1.165) is 48.3 Å². The third-order valence-corrected chi connectivity index (χ3v) is 5.12. The predicted molar refractivity (Wildman–Crippen MR) is 113 cm³/mol. The Morgan fingerprint density at radius 2 is 1.59 bits per heavy atom. The van der Waals surface area contributed by atoms with E-state index in [4.69, 9.17) is 0 Å². The van der Waals surface area contributed by atoms with Crippen LogP contribution < -0.4 is 0 Å². The molecule has 1 aromatic rings. The van der Waals surface area contributed by atoms with Crippen molar-refractivity contribution in [1.29, 1.82) is 0 Å². The second-order valence-corrected chi connectivity index (χ2v) is 9.98. The number of carbonyl (C=O) groups is 1. The van der Waals surface area contributed by atoms with E-state index in [2.05, 4.69) is 46.4 Å². The Hall–Kier alpha value is -1.81. The minimum absolute atomic E-state index is 0.138. The Balaban J connectivity index is 2.41. The molecule has 0 radical (unpaired) electrons. The monoisotopic (exact) mass is 372 g/mol. The van der Waals surface area contributed by atoms with Crippen molar-refractivity contribution in [3.63, 3.8) is 0 Å². The van der Waals surface area contributed by atoms with Crippen LogP contribution in [0.25, 0.3) is 6.08 Å². The van der Waals surface area contributed by atoms with Crippen molar-refractivity contribution in [2.24, 2.45) is 0 Å². The lowest BCUT2D eigenvalue weighted by molar-refractivity contribution is -0.124. The maximum atomic E-state index is 12.7. The van der Waals surface area contributed by atoms with E-state index in [1.54, 1.807) is 0 Å². The van der Waals surface area contributed by atoms with Gasteiger partial charge in [0.15, 0.2) is 0 Å². The summed E-state index contributed by atoms with van der Waals surface area (Å²) in [6, 6.07) is 4.07. The first kappa shape index (κ1) is 21.5. The number of nitrogens with zero attached hydrogens (tertiary/aromatic N) is 2. The second kappa shape index (κ2) is 7.67. The molecule has 1 saturated heterocycles. The average molecular weight is 373 g/mol. The molecule has 4 heteroatoms. The first-order chi connectivity index (χ1) is 12.3. The smallest absolute Gasteiger partial charge is 0.249 e. The predicted octanol–water partition coefficient (Wildman–Crippen LogP) is 4.16. The summed E-state index contributed by atoms with van der Waals surface area (Å²) >= 11 is 0. The van der Waals surface area contributed by atoms with Crippen LogP contribution in [0.5, 0.6) is 5.75 Å². The molecule has 1 N–H and O–H groups in total. The zero-order chi connectivity index (χ0) is 20.6. The fourth-order valence-corrected chi connectivity index (χ4v) is 3.42. The van der Waals surface area contributed by atoms with Gasteiger partial charge in [-0.3, -0.25) is 4.79 Å². The van der Waals surface area contributed by atoms with Crippen molar-refractivity contribution >= 4 is 12.0 Å². The minimum atomic E-state index is -0.171. The molecule has 1 heterocycles. The molecule has 0 aliphatic carbocycles. The molecule has 1 fully saturated rings. The van der Waals surface area contributed by atoms with Crippen molar-refractivity contribution in [1.82, 2.24) is 9.80 Å². The molecule has 150 valence electrons. The first-order valence-electron chi connectivity index (χ1n) is 9.83. The number of aromatic hydroxyl groups is 1. The standard InChI is InChI=1S/C23H36N2O2/c1-22(2,3)18-14-16(15-19(20(18)26)23(4,5)6)13-17-9-10-25(21(17)27)12-11-24(7)8/h13-15,26H,9-12H2,1-8H3. The number of phenols is 1. The number of phenolic OH excluding ortho intramolecular Hbond substituents is 1. The van der Waals surface area contributed by atoms with Crippen LogP contribution in [0.2, 0.25) is 0 Å². The van der Waals surface area contributed by atoms with Gasteiger partial charge in [0.1, 0.15) is 5.75 Å². The Morgan fingerprint density at radius 1 is 1.07 bits per heavy atom. The number of likely N-dealkylation sites (tertiary alicyclic amines) is 1. The second-order valence-electron chi connectivity index (χ2n) is 9.98. The summed E-state index contributed by atoms with van der Waals surface area (Å²) in [4.78, 5) is 16.8. The molecule has 2 rings (SSSR count). The lowest BCUT2D eigenvalue weighted by Gasteiger charge is -2.28. The molecule has 27 heavy (non-hydrogen) atoms. The summed E-state index contributed by atoms with van der Waals surface area (Å²) in [5.74, 6) is 0.516. The van der Waals surface area contributed by atoms with Gasteiger partial charge in [-0.1, -0.05) is 41.5 Å². The van der Waals surface area contributed by atoms with E-state index in [1.807, 2.05) is 37.2 Å². The van der Waals surface area contributed by atoms with E-state index in [-0.39, 0.29) is 16.7 Å².